The molecule has 0 spiro atoms. The second-order valence-electron chi connectivity index (χ2n) is 3.05. The molecule has 1 aromatic rings. The standard InChI is InChI=1S/C9H14N2O/c1-7(6-10)5-9(12)8-3-2-4-11-8/h2-4,7,11H,5-6,10H2,1H3. The van der Waals surface area contributed by atoms with Crippen LogP contribution < -0.4 is 5.73 Å². The van der Waals surface area contributed by atoms with Gasteiger partial charge < -0.3 is 10.7 Å². The first-order valence-corrected chi connectivity index (χ1v) is 4.10. The van der Waals surface area contributed by atoms with Crippen LogP contribution in [-0.4, -0.2) is 17.3 Å². The molecule has 0 aliphatic carbocycles. The molecule has 12 heavy (non-hydrogen) atoms. The van der Waals surface area contributed by atoms with Crippen molar-refractivity contribution in [3.05, 3.63) is 24.0 Å². The molecule has 0 aliphatic rings. The van der Waals surface area contributed by atoms with E-state index < -0.39 is 0 Å². The largest absolute Gasteiger partial charge is 0.359 e. The molecule has 0 fully saturated rings. The van der Waals surface area contributed by atoms with Crippen molar-refractivity contribution < 1.29 is 4.79 Å². The minimum atomic E-state index is 0.137. The first-order chi connectivity index (χ1) is 5.74. The Morgan fingerprint density at radius 2 is 2.50 bits per heavy atom. The first-order valence-electron chi connectivity index (χ1n) is 4.10. The minimum Gasteiger partial charge on any atom is -0.359 e. The second-order valence-corrected chi connectivity index (χ2v) is 3.05. The highest BCUT2D eigenvalue weighted by atomic mass is 16.1. The summed E-state index contributed by atoms with van der Waals surface area (Å²) in [7, 11) is 0. The summed E-state index contributed by atoms with van der Waals surface area (Å²) in [6.45, 7) is 2.54. The first kappa shape index (κ1) is 9.00. The van der Waals surface area contributed by atoms with Crippen LogP contribution >= 0.6 is 0 Å². The topological polar surface area (TPSA) is 58.9 Å². The quantitative estimate of drug-likeness (QED) is 0.660. The number of ketones is 1. The Balaban J connectivity index is 2.50. The summed E-state index contributed by atoms with van der Waals surface area (Å²) in [5.74, 6) is 0.402. The van der Waals surface area contributed by atoms with Crippen LogP contribution in [0.15, 0.2) is 18.3 Å². The second kappa shape index (κ2) is 4.07. The lowest BCUT2D eigenvalue weighted by Gasteiger charge is -2.04. The van der Waals surface area contributed by atoms with Crippen LogP contribution in [0.4, 0.5) is 0 Å². The third-order valence-electron chi connectivity index (χ3n) is 1.83. The molecular weight excluding hydrogens is 152 g/mol. The number of aromatic amines is 1. The smallest absolute Gasteiger partial charge is 0.179 e. The Labute approximate surface area is 72.0 Å². The van der Waals surface area contributed by atoms with Gasteiger partial charge in [-0.3, -0.25) is 4.79 Å². The van der Waals surface area contributed by atoms with Crippen LogP contribution in [0.5, 0.6) is 0 Å². The summed E-state index contributed by atoms with van der Waals surface area (Å²) in [5.41, 5.74) is 6.09. The van der Waals surface area contributed by atoms with E-state index in [-0.39, 0.29) is 11.7 Å². The molecule has 1 rings (SSSR count). The van der Waals surface area contributed by atoms with Gasteiger partial charge in [-0.2, -0.15) is 0 Å². The molecule has 0 bridgehead atoms. The summed E-state index contributed by atoms with van der Waals surface area (Å²) in [5, 5.41) is 0. The Hall–Kier alpha value is -1.09. The molecule has 1 unspecified atom stereocenters. The van der Waals surface area contributed by atoms with E-state index in [4.69, 9.17) is 5.73 Å². The summed E-state index contributed by atoms with van der Waals surface area (Å²) in [6, 6.07) is 3.60. The molecule has 0 aliphatic heterocycles. The highest BCUT2D eigenvalue weighted by molar-refractivity contribution is 5.94. The summed E-state index contributed by atoms with van der Waals surface area (Å²) in [6.07, 6.45) is 2.28. The normalized spacial score (nSPS) is 12.8. The van der Waals surface area contributed by atoms with Crippen LogP contribution in [0, 0.1) is 5.92 Å². The van der Waals surface area contributed by atoms with E-state index in [2.05, 4.69) is 4.98 Å². The van der Waals surface area contributed by atoms with Gasteiger partial charge in [0.25, 0.3) is 0 Å². The zero-order valence-electron chi connectivity index (χ0n) is 7.21. The number of hydrogen-bond donors (Lipinski definition) is 2. The monoisotopic (exact) mass is 166 g/mol. The van der Waals surface area contributed by atoms with Gasteiger partial charge in [-0.15, -0.1) is 0 Å². The minimum absolute atomic E-state index is 0.137. The van der Waals surface area contributed by atoms with Gasteiger partial charge in [0.05, 0.1) is 5.69 Å². The fraction of sp³-hybridized carbons (Fsp3) is 0.444. The van der Waals surface area contributed by atoms with Crippen molar-refractivity contribution >= 4 is 5.78 Å². The number of aromatic nitrogens is 1. The van der Waals surface area contributed by atoms with E-state index in [1.165, 1.54) is 0 Å². The lowest BCUT2D eigenvalue weighted by molar-refractivity contribution is 0.0961. The van der Waals surface area contributed by atoms with Gasteiger partial charge in [0, 0.05) is 12.6 Å². The molecule has 3 N–H and O–H groups in total. The van der Waals surface area contributed by atoms with E-state index in [9.17, 15) is 4.79 Å². The number of carbonyl (C=O) groups is 1. The van der Waals surface area contributed by atoms with Crippen LogP contribution in [0.1, 0.15) is 23.8 Å². The molecule has 0 saturated carbocycles. The van der Waals surface area contributed by atoms with E-state index >= 15 is 0 Å². The van der Waals surface area contributed by atoms with Crippen LogP contribution in [0.25, 0.3) is 0 Å². The van der Waals surface area contributed by atoms with Crippen molar-refractivity contribution in [2.75, 3.05) is 6.54 Å². The lowest BCUT2D eigenvalue weighted by Crippen LogP contribution is -2.15. The van der Waals surface area contributed by atoms with Gasteiger partial charge in [0.2, 0.25) is 0 Å². The van der Waals surface area contributed by atoms with E-state index in [0.29, 0.717) is 18.7 Å². The summed E-state index contributed by atoms with van der Waals surface area (Å²) < 4.78 is 0. The Kier molecular flexibility index (Phi) is 3.05. The molecule has 0 radical (unpaired) electrons. The average Bonchev–Trinajstić information content (AvgIpc) is 2.56. The fourth-order valence-corrected chi connectivity index (χ4v) is 1.01. The third kappa shape index (κ3) is 2.20. The van der Waals surface area contributed by atoms with Crippen molar-refractivity contribution in [1.29, 1.82) is 0 Å². The van der Waals surface area contributed by atoms with Gasteiger partial charge >= 0.3 is 0 Å². The number of nitrogens with two attached hydrogens (primary N) is 1. The van der Waals surface area contributed by atoms with Crippen molar-refractivity contribution in [2.45, 2.75) is 13.3 Å². The number of carbonyl (C=O) groups excluding carboxylic acids is 1. The molecular formula is C9H14N2O. The molecule has 0 saturated heterocycles. The molecule has 1 heterocycles. The Morgan fingerprint density at radius 1 is 1.75 bits per heavy atom. The van der Waals surface area contributed by atoms with Gasteiger partial charge in [-0.1, -0.05) is 6.92 Å². The predicted molar refractivity (Wildman–Crippen MR) is 48.0 cm³/mol. The number of H-pyrrole nitrogens is 1. The average molecular weight is 166 g/mol. The van der Waals surface area contributed by atoms with E-state index in [1.54, 1.807) is 12.3 Å². The van der Waals surface area contributed by atoms with Gasteiger partial charge in [0.1, 0.15) is 0 Å². The summed E-state index contributed by atoms with van der Waals surface area (Å²) in [4.78, 5) is 14.3. The van der Waals surface area contributed by atoms with Gasteiger partial charge in [0.15, 0.2) is 5.78 Å². The highest BCUT2D eigenvalue weighted by Crippen LogP contribution is 2.06. The highest BCUT2D eigenvalue weighted by Gasteiger charge is 2.09. The van der Waals surface area contributed by atoms with E-state index in [0.717, 1.165) is 0 Å². The number of nitrogens with one attached hydrogen (secondary N) is 1. The molecule has 0 aromatic carbocycles. The van der Waals surface area contributed by atoms with Crippen molar-refractivity contribution in [2.24, 2.45) is 11.7 Å². The predicted octanol–water partition coefficient (Wildman–Crippen LogP) is 1.18. The molecule has 0 amide bonds. The third-order valence-corrected chi connectivity index (χ3v) is 1.83. The lowest BCUT2D eigenvalue weighted by atomic mass is 10.0. The molecule has 1 aromatic heterocycles. The zero-order chi connectivity index (χ0) is 8.97. The van der Waals surface area contributed by atoms with Crippen LogP contribution in [0.2, 0.25) is 0 Å². The molecule has 66 valence electrons. The number of Topliss-reactive ketones (excluding diaryl/α,β-unsaturated/α-hetero) is 1. The van der Waals surface area contributed by atoms with Gasteiger partial charge in [-0.25, -0.2) is 0 Å². The maximum absolute atomic E-state index is 11.4. The van der Waals surface area contributed by atoms with Crippen LogP contribution in [-0.2, 0) is 0 Å². The van der Waals surface area contributed by atoms with Crippen molar-refractivity contribution in [1.82, 2.24) is 4.98 Å². The Bertz CT molecular complexity index is 241. The molecule has 3 heteroatoms. The maximum Gasteiger partial charge on any atom is 0.179 e. The summed E-state index contributed by atoms with van der Waals surface area (Å²) >= 11 is 0. The number of hydrogen-bond acceptors (Lipinski definition) is 2. The Morgan fingerprint density at radius 3 is 3.00 bits per heavy atom. The maximum atomic E-state index is 11.4. The van der Waals surface area contributed by atoms with Gasteiger partial charge in [-0.05, 0) is 24.6 Å². The number of rotatable bonds is 4. The van der Waals surface area contributed by atoms with Crippen molar-refractivity contribution in [3.63, 3.8) is 0 Å². The SMILES string of the molecule is CC(CN)CC(=O)c1ccc[nH]1. The fourth-order valence-electron chi connectivity index (χ4n) is 1.01. The van der Waals surface area contributed by atoms with E-state index in [1.807, 2.05) is 13.0 Å². The molecule has 1 atom stereocenters. The van der Waals surface area contributed by atoms with Crippen LogP contribution in [0.3, 0.4) is 0 Å². The van der Waals surface area contributed by atoms with Crippen molar-refractivity contribution in [3.8, 4) is 0 Å². The zero-order valence-corrected chi connectivity index (χ0v) is 7.21. The molecule has 3 nitrogen and oxygen atoms in total.